The smallest absolute Gasteiger partial charge is 0.255 e. The summed E-state index contributed by atoms with van der Waals surface area (Å²) >= 11 is 1.77. The number of piperidine rings is 1. The average Bonchev–Trinajstić information content (AvgIpc) is 2.85. The summed E-state index contributed by atoms with van der Waals surface area (Å²) in [6, 6.07) is 0.197. The third kappa shape index (κ3) is 3.13. The lowest BCUT2D eigenvalue weighted by molar-refractivity contribution is 0.0532. The molecule has 0 radical (unpaired) electrons. The van der Waals surface area contributed by atoms with Crippen molar-refractivity contribution >= 4 is 29.7 Å². The number of carbonyl (C=O) groups is 1. The molecule has 5 heteroatoms. The zero-order valence-corrected chi connectivity index (χ0v) is 14.5. The Morgan fingerprint density at radius 3 is 2.81 bits per heavy atom. The first-order valence-electron chi connectivity index (χ1n) is 7.63. The zero-order chi connectivity index (χ0) is 14.3. The van der Waals surface area contributed by atoms with E-state index >= 15 is 0 Å². The van der Waals surface area contributed by atoms with Crippen molar-refractivity contribution in [3.8, 4) is 0 Å². The van der Waals surface area contributed by atoms with E-state index in [-0.39, 0.29) is 29.8 Å². The number of fused-ring (bicyclic) bond motifs is 1. The predicted molar refractivity (Wildman–Crippen MR) is 90.5 cm³/mol. The van der Waals surface area contributed by atoms with Crippen LogP contribution >= 0.6 is 23.7 Å². The number of amides is 1. The minimum Gasteiger partial charge on any atom is -0.338 e. The first kappa shape index (κ1) is 16.8. The van der Waals surface area contributed by atoms with Crippen LogP contribution in [-0.2, 0) is 12.8 Å². The second-order valence-corrected chi connectivity index (χ2v) is 7.83. The number of thiophene rings is 1. The fraction of sp³-hybridized carbons (Fsp3) is 0.688. The van der Waals surface area contributed by atoms with Gasteiger partial charge in [-0.15, -0.1) is 23.7 Å². The van der Waals surface area contributed by atoms with Gasteiger partial charge in [-0.1, -0.05) is 13.8 Å². The van der Waals surface area contributed by atoms with E-state index < -0.39 is 0 Å². The second-order valence-electron chi connectivity index (χ2n) is 6.87. The molecule has 1 fully saturated rings. The molecule has 1 unspecified atom stereocenters. The van der Waals surface area contributed by atoms with Crippen molar-refractivity contribution in [3.63, 3.8) is 0 Å². The Kier molecular flexibility index (Phi) is 5.01. The second kappa shape index (κ2) is 6.27. The summed E-state index contributed by atoms with van der Waals surface area (Å²) in [5, 5.41) is 2.08. The van der Waals surface area contributed by atoms with Crippen LogP contribution in [0.3, 0.4) is 0 Å². The molecule has 3 rings (SSSR count). The Bertz CT molecular complexity index is 526. The van der Waals surface area contributed by atoms with Crippen molar-refractivity contribution in [2.75, 3.05) is 13.1 Å². The third-order valence-corrected chi connectivity index (χ3v) is 5.98. The maximum Gasteiger partial charge on any atom is 0.255 e. The largest absolute Gasteiger partial charge is 0.338 e. The van der Waals surface area contributed by atoms with Gasteiger partial charge in [-0.05, 0) is 43.1 Å². The van der Waals surface area contributed by atoms with Crippen LogP contribution in [-0.4, -0.2) is 29.9 Å². The number of halogens is 1. The molecule has 1 saturated heterocycles. The maximum absolute atomic E-state index is 12.8. The Balaban J connectivity index is 0.00000161. The molecule has 2 N–H and O–H groups in total. The molecule has 1 atom stereocenters. The number of carbonyl (C=O) groups excluding carboxylic acids is 1. The van der Waals surface area contributed by atoms with Gasteiger partial charge in [0.15, 0.2) is 0 Å². The summed E-state index contributed by atoms with van der Waals surface area (Å²) in [4.78, 5) is 16.3. The van der Waals surface area contributed by atoms with E-state index in [9.17, 15) is 4.79 Å². The summed E-state index contributed by atoms with van der Waals surface area (Å²) in [7, 11) is 0. The Labute approximate surface area is 137 Å². The van der Waals surface area contributed by atoms with Gasteiger partial charge >= 0.3 is 0 Å². The van der Waals surface area contributed by atoms with Crippen LogP contribution in [0, 0.1) is 5.41 Å². The van der Waals surface area contributed by atoms with Crippen molar-refractivity contribution in [3.05, 3.63) is 21.4 Å². The summed E-state index contributed by atoms with van der Waals surface area (Å²) in [6.07, 6.45) is 5.64. The maximum atomic E-state index is 12.8. The average molecular weight is 329 g/mol. The van der Waals surface area contributed by atoms with Crippen LogP contribution in [0.1, 0.15) is 53.9 Å². The highest BCUT2D eigenvalue weighted by Gasteiger charge is 2.36. The molecule has 2 heterocycles. The van der Waals surface area contributed by atoms with E-state index in [0.717, 1.165) is 37.9 Å². The Hall–Kier alpha value is -0.580. The summed E-state index contributed by atoms with van der Waals surface area (Å²) in [6.45, 7) is 5.91. The molecule has 2 aliphatic rings. The van der Waals surface area contributed by atoms with Gasteiger partial charge in [0.05, 0.1) is 5.56 Å². The lowest BCUT2D eigenvalue weighted by Crippen LogP contribution is -2.54. The molecule has 1 amide bonds. The lowest BCUT2D eigenvalue weighted by Gasteiger charge is -2.42. The van der Waals surface area contributed by atoms with Crippen molar-refractivity contribution in [2.24, 2.45) is 11.1 Å². The first-order valence-corrected chi connectivity index (χ1v) is 8.51. The third-order valence-electron chi connectivity index (χ3n) is 4.89. The summed E-state index contributed by atoms with van der Waals surface area (Å²) in [5.41, 5.74) is 8.49. The fourth-order valence-electron chi connectivity index (χ4n) is 3.39. The molecule has 0 saturated carbocycles. The molecule has 118 valence electrons. The van der Waals surface area contributed by atoms with Gasteiger partial charge in [-0.2, -0.15) is 0 Å². The Morgan fingerprint density at radius 1 is 1.38 bits per heavy atom. The molecular formula is C16H25ClN2OS. The number of hydrogen-bond donors (Lipinski definition) is 1. The number of likely N-dealkylation sites (tertiary alicyclic amines) is 1. The van der Waals surface area contributed by atoms with Gasteiger partial charge in [0.25, 0.3) is 5.91 Å². The molecule has 21 heavy (non-hydrogen) atoms. The molecule has 0 aromatic carbocycles. The highest BCUT2D eigenvalue weighted by molar-refractivity contribution is 7.10. The van der Waals surface area contributed by atoms with E-state index in [1.807, 2.05) is 4.90 Å². The van der Waals surface area contributed by atoms with Crippen molar-refractivity contribution < 1.29 is 4.79 Å². The van der Waals surface area contributed by atoms with Gasteiger partial charge in [0.1, 0.15) is 0 Å². The molecule has 3 nitrogen and oxygen atoms in total. The molecular weight excluding hydrogens is 304 g/mol. The van der Waals surface area contributed by atoms with Gasteiger partial charge in [0.2, 0.25) is 0 Å². The quantitative estimate of drug-likeness (QED) is 0.860. The van der Waals surface area contributed by atoms with Crippen LogP contribution in [0.15, 0.2) is 5.38 Å². The van der Waals surface area contributed by atoms with Crippen molar-refractivity contribution in [1.82, 2.24) is 4.90 Å². The van der Waals surface area contributed by atoms with E-state index in [4.69, 9.17) is 5.73 Å². The first-order chi connectivity index (χ1) is 9.49. The van der Waals surface area contributed by atoms with E-state index in [0.29, 0.717) is 0 Å². The number of nitrogens with two attached hydrogens (primary N) is 1. The van der Waals surface area contributed by atoms with Gasteiger partial charge in [-0.25, -0.2) is 0 Å². The van der Waals surface area contributed by atoms with E-state index in [2.05, 4.69) is 19.2 Å². The number of nitrogens with zero attached hydrogens (tertiary/aromatic N) is 1. The highest BCUT2D eigenvalue weighted by atomic mass is 35.5. The predicted octanol–water partition coefficient (Wildman–Crippen LogP) is 3.25. The van der Waals surface area contributed by atoms with E-state index in [1.165, 1.54) is 23.3 Å². The zero-order valence-electron chi connectivity index (χ0n) is 12.9. The number of rotatable bonds is 1. The summed E-state index contributed by atoms with van der Waals surface area (Å²) < 4.78 is 0. The van der Waals surface area contributed by atoms with Crippen molar-refractivity contribution in [2.45, 2.75) is 52.0 Å². The van der Waals surface area contributed by atoms with Crippen LogP contribution < -0.4 is 5.73 Å². The normalized spacial score (nSPS) is 24.1. The fourth-order valence-corrected chi connectivity index (χ4v) is 4.51. The molecule has 1 aliphatic heterocycles. The molecule has 0 bridgehead atoms. The molecule has 1 aliphatic carbocycles. The van der Waals surface area contributed by atoms with Crippen LogP contribution in [0.2, 0.25) is 0 Å². The number of hydrogen-bond acceptors (Lipinski definition) is 3. The summed E-state index contributed by atoms with van der Waals surface area (Å²) in [5.74, 6) is 0.226. The van der Waals surface area contributed by atoms with Gasteiger partial charge < -0.3 is 10.6 Å². The van der Waals surface area contributed by atoms with E-state index in [1.54, 1.807) is 11.3 Å². The minimum atomic E-state index is 0. The van der Waals surface area contributed by atoms with Crippen LogP contribution in [0.25, 0.3) is 0 Å². The van der Waals surface area contributed by atoms with Gasteiger partial charge in [-0.3, -0.25) is 4.79 Å². The van der Waals surface area contributed by atoms with Gasteiger partial charge in [0, 0.05) is 29.4 Å². The number of aryl methyl sites for hydroxylation is 1. The topological polar surface area (TPSA) is 46.3 Å². The minimum absolute atomic E-state index is 0. The van der Waals surface area contributed by atoms with Crippen LogP contribution in [0.5, 0.6) is 0 Å². The lowest BCUT2D eigenvalue weighted by atomic mass is 9.79. The Morgan fingerprint density at radius 2 is 2.10 bits per heavy atom. The SMILES string of the molecule is CC1(C)CN(C(=O)c2csc3c2CCCC3)CCC1N.Cl. The highest BCUT2D eigenvalue weighted by Crippen LogP contribution is 2.33. The molecule has 1 aromatic heterocycles. The molecule has 1 aromatic rings. The molecule has 0 spiro atoms. The van der Waals surface area contributed by atoms with Crippen molar-refractivity contribution in [1.29, 1.82) is 0 Å². The standard InChI is InChI=1S/C16H24N2OS.ClH/c1-16(2)10-18(8-7-14(16)17)15(19)12-9-20-13-6-4-3-5-11(12)13;/h9,14H,3-8,10,17H2,1-2H3;1H. The monoisotopic (exact) mass is 328 g/mol. The van der Waals surface area contributed by atoms with Crippen LogP contribution in [0.4, 0.5) is 0 Å².